The third-order valence-corrected chi connectivity index (χ3v) is 8.08. The van der Waals surface area contributed by atoms with Gasteiger partial charge < -0.3 is 34.6 Å². The number of hydrogen-bond donors (Lipinski definition) is 2. The number of hydrogen-bond acceptors (Lipinski definition) is 7. The minimum absolute atomic E-state index is 0.0231. The van der Waals surface area contributed by atoms with Crippen molar-refractivity contribution in [2.75, 3.05) is 52.5 Å². The summed E-state index contributed by atoms with van der Waals surface area (Å²) in [7, 11) is 0. The molecule has 3 aromatic carbocycles. The lowest BCUT2D eigenvalue weighted by molar-refractivity contribution is -0.134. The zero-order valence-corrected chi connectivity index (χ0v) is 25.8. The van der Waals surface area contributed by atoms with Crippen LogP contribution in [0.25, 0.3) is 0 Å². The number of rotatable bonds is 11. The van der Waals surface area contributed by atoms with Gasteiger partial charge in [-0.25, -0.2) is 4.79 Å². The summed E-state index contributed by atoms with van der Waals surface area (Å²) in [6.45, 7) is 6.27. The second-order valence-electron chi connectivity index (χ2n) is 11.3. The smallest absolute Gasteiger partial charge is 0.415 e. The number of piperazine rings is 1. The zero-order chi connectivity index (χ0) is 31.4. The van der Waals surface area contributed by atoms with Gasteiger partial charge in [0.25, 0.3) is 0 Å². The SMILES string of the molecule is CC(=O)NCCc1ccccc1Oc1ccccc1CCC(=O)N1CCNC[C@H]1Cc1ccc(OC(=O)N2CCOCC2)cc1. The molecule has 0 aromatic heterocycles. The number of para-hydroxylation sites is 2. The van der Waals surface area contributed by atoms with Crippen molar-refractivity contribution >= 4 is 17.9 Å². The highest BCUT2D eigenvalue weighted by atomic mass is 16.6. The number of nitrogens with zero attached hydrogens (tertiary/aromatic N) is 2. The molecule has 45 heavy (non-hydrogen) atoms. The summed E-state index contributed by atoms with van der Waals surface area (Å²) in [5.74, 6) is 2.02. The van der Waals surface area contributed by atoms with E-state index in [0.717, 1.165) is 34.7 Å². The molecule has 0 spiro atoms. The molecule has 2 aliphatic rings. The van der Waals surface area contributed by atoms with Crippen molar-refractivity contribution in [1.82, 2.24) is 20.4 Å². The maximum Gasteiger partial charge on any atom is 0.415 e. The molecule has 5 rings (SSSR count). The lowest BCUT2D eigenvalue weighted by Crippen LogP contribution is -2.54. The minimum Gasteiger partial charge on any atom is -0.457 e. The van der Waals surface area contributed by atoms with Crippen LogP contribution in [0.2, 0.25) is 0 Å². The van der Waals surface area contributed by atoms with Crippen LogP contribution in [0.5, 0.6) is 17.2 Å². The molecule has 0 bridgehead atoms. The van der Waals surface area contributed by atoms with E-state index in [9.17, 15) is 14.4 Å². The lowest BCUT2D eigenvalue weighted by atomic mass is 10.0. The Kier molecular flexibility index (Phi) is 11.4. The molecule has 0 unspecified atom stereocenters. The molecule has 0 aliphatic carbocycles. The van der Waals surface area contributed by atoms with Gasteiger partial charge in [0.2, 0.25) is 11.8 Å². The molecule has 238 valence electrons. The average molecular weight is 615 g/mol. The van der Waals surface area contributed by atoms with Crippen LogP contribution in [0.4, 0.5) is 4.79 Å². The predicted molar refractivity (Wildman–Crippen MR) is 171 cm³/mol. The van der Waals surface area contributed by atoms with Gasteiger partial charge in [-0.15, -0.1) is 0 Å². The number of carbonyl (C=O) groups is 3. The van der Waals surface area contributed by atoms with E-state index in [1.807, 2.05) is 77.7 Å². The largest absolute Gasteiger partial charge is 0.457 e. The van der Waals surface area contributed by atoms with Crippen LogP contribution >= 0.6 is 0 Å². The normalized spacial score (nSPS) is 16.6. The second kappa shape index (κ2) is 16.1. The van der Waals surface area contributed by atoms with Crippen molar-refractivity contribution in [3.8, 4) is 17.2 Å². The van der Waals surface area contributed by atoms with Crippen molar-refractivity contribution < 1.29 is 28.6 Å². The van der Waals surface area contributed by atoms with E-state index in [2.05, 4.69) is 10.6 Å². The second-order valence-corrected chi connectivity index (χ2v) is 11.3. The molecule has 0 saturated carbocycles. The summed E-state index contributed by atoms with van der Waals surface area (Å²) in [4.78, 5) is 40.9. The first-order valence-electron chi connectivity index (χ1n) is 15.7. The first-order chi connectivity index (χ1) is 22.0. The Bertz CT molecular complexity index is 1440. The van der Waals surface area contributed by atoms with Gasteiger partial charge in [0.1, 0.15) is 17.2 Å². The van der Waals surface area contributed by atoms with Crippen LogP contribution < -0.4 is 20.1 Å². The number of ether oxygens (including phenoxy) is 3. The Hall–Kier alpha value is -4.41. The maximum absolute atomic E-state index is 13.5. The summed E-state index contributed by atoms with van der Waals surface area (Å²) in [6, 6.07) is 23.2. The highest BCUT2D eigenvalue weighted by molar-refractivity contribution is 5.77. The number of morpholine rings is 1. The van der Waals surface area contributed by atoms with Crippen LogP contribution in [-0.4, -0.2) is 86.2 Å². The summed E-state index contributed by atoms with van der Waals surface area (Å²) >= 11 is 0. The van der Waals surface area contributed by atoms with Gasteiger partial charge >= 0.3 is 6.09 Å². The quantitative estimate of drug-likeness (QED) is 0.337. The molecule has 10 nitrogen and oxygen atoms in total. The number of nitrogens with one attached hydrogen (secondary N) is 2. The Morgan fingerprint density at radius 1 is 0.889 bits per heavy atom. The van der Waals surface area contributed by atoms with Gasteiger partial charge in [-0.1, -0.05) is 48.5 Å². The van der Waals surface area contributed by atoms with Gasteiger partial charge in [-0.3, -0.25) is 9.59 Å². The summed E-state index contributed by atoms with van der Waals surface area (Å²) in [5.41, 5.74) is 3.05. The fourth-order valence-electron chi connectivity index (χ4n) is 5.65. The van der Waals surface area contributed by atoms with E-state index < -0.39 is 0 Å². The third-order valence-electron chi connectivity index (χ3n) is 8.08. The van der Waals surface area contributed by atoms with Crippen molar-refractivity contribution in [3.63, 3.8) is 0 Å². The van der Waals surface area contributed by atoms with Crippen LogP contribution in [0.1, 0.15) is 30.0 Å². The molecular formula is C35H42N4O6. The number of carbonyl (C=O) groups excluding carboxylic acids is 3. The molecule has 2 fully saturated rings. The third kappa shape index (κ3) is 9.29. The van der Waals surface area contributed by atoms with E-state index in [-0.39, 0.29) is 23.9 Å². The van der Waals surface area contributed by atoms with Gasteiger partial charge in [-0.05, 0) is 60.2 Å². The Balaban J connectivity index is 1.17. The highest BCUT2D eigenvalue weighted by Gasteiger charge is 2.27. The number of amides is 3. The van der Waals surface area contributed by atoms with Gasteiger partial charge in [0.15, 0.2) is 0 Å². The molecule has 3 aromatic rings. The molecule has 10 heteroatoms. The molecule has 0 radical (unpaired) electrons. The van der Waals surface area contributed by atoms with E-state index >= 15 is 0 Å². The first-order valence-corrected chi connectivity index (χ1v) is 15.7. The van der Waals surface area contributed by atoms with Gasteiger partial charge in [0, 0.05) is 58.7 Å². The van der Waals surface area contributed by atoms with E-state index in [1.165, 1.54) is 6.92 Å². The number of benzene rings is 3. The lowest BCUT2D eigenvalue weighted by Gasteiger charge is -2.36. The monoisotopic (exact) mass is 614 g/mol. The molecule has 2 N–H and O–H groups in total. The molecular weight excluding hydrogens is 572 g/mol. The standard InChI is InChI=1S/C35H42N4O6/c1-26(40)37-17-16-29-7-3-5-9-33(29)45-32-8-4-2-6-28(32)12-15-34(41)39-19-18-36-25-30(39)24-27-10-13-31(14-11-27)44-35(42)38-20-22-43-23-21-38/h2-11,13-14,30,36H,12,15-25H2,1H3,(H,37,40)/t30-/m1/s1. The topological polar surface area (TPSA) is 109 Å². The van der Waals surface area contributed by atoms with E-state index in [0.29, 0.717) is 77.4 Å². The minimum atomic E-state index is -0.363. The van der Waals surface area contributed by atoms with Crippen molar-refractivity contribution in [3.05, 3.63) is 89.5 Å². The molecule has 2 heterocycles. The highest BCUT2D eigenvalue weighted by Crippen LogP contribution is 2.29. The average Bonchev–Trinajstić information content (AvgIpc) is 3.06. The molecule has 2 aliphatic heterocycles. The zero-order valence-electron chi connectivity index (χ0n) is 25.8. The molecule has 3 amide bonds. The molecule has 1 atom stereocenters. The molecule has 2 saturated heterocycles. The fraction of sp³-hybridized carbons (Fsp3) is 0.400. The van der Waals surface area contributed by atoms with Crippen LogP contribution in [0.15, 0.2) is 72.8 Å². The predicted octanol–water partition coefficient (Wildman–Crippen LogP) is 3.96. The van der Waals surface area contributed by atoms with Crippen LogP contribution in [-0.2, 0) is 33.6 Å². The van der Waals surface area contributed by atoms with Crippen LogP contribution in [0.3, 0.4) is 0 Å². The van der Waals surface area contributed by atoms with Crippen molar-refractivity contribution in [1.29, 1.82) is 0 Å². The fourth-order valence-corrected chi connectivity index (χ4v) is 5.65. The summed E-state index contributed by atoms with van der Waals surface area (Å²) < 4.78 is 17.2. The first kappa shape index (κ1) is 32.0. The summed E-state index contributed by atoms with van der Waals surface area (Å²) in [6.07, 6.45) is 1.92. The summed E-state index contributed by atoms with van der Waals surface area (Å²) in [5, 5.41) is 6.26. The van der Waals surface area contributed by atoms with Crippen molar-refractivity contribution in [2.45, 2.75) is 38.6 Å². The van der Waals surface area contributed by atoms with Gasteiger partial charge in [-0.2, -0.15) is 0 Å². The van der Waals surface area contributed by atoms with E-state index in [4.69, 9.17) is 14.2 Å². The Morgan fingerprint density at radius 3 is 2.24 bits per heavy atom. The van der Waals surface area contributed by atoms with Gasteiger partial charge in [0.05, 0.1) is 13.2 Å². The van der Waals surface area contributed by atoms with Crippen molar-refractivity contribution in [2.24, 2.45) is 0 Å². The maximum atomic E-state index is 13.5. The number of aryl methyl sites for hydroxylation is 1. The van der Waals surface area contributed by atoms with Crippen LogP contribution in [0, 0.1) is 0 Å². The van der Waals surface area contributed by atoms with E-state index in [1.54, 1.807) is 4.90 Å². The Morgan fingerprint density at radius 2 is 1.56 bits per heavy atom. The Labute approximate surface area is 264 Å².